The van der Waals surface area contributed by atoms with Gasteiger partial charge in [0, 0.05) is 22.5 Å². The number of halogens is 1. The molecule has 29 heavy (non-hydrogen) atoms. The van der Waals surface area contributed by atoms with Gasteiger partial charge < -0.3 is 4.74 Å². The first-order chi connectivity index (χ1) is 13.8. The molecule has 0 atom stereocenters. The summed E-state index contributed by atoms with van der Waals surface area (Å²) in [7, 11) is 0. The summed E-state index contributed by atoms with van der Waals surface area (Å²) in [5.41, 5.74) is 4.37. The monoisotopic (exact) mass is 428 g/mol. The molecule has 0 aliphatic rings. The predicted molar refractivity (Wildman–Crippen MR) is 121 cm³/mol. The molecule has 6 heteroatoms. The lowest BCUT2D eigenvalue weighted by atomic mass is 10.0. The molecule has 0 spiro atoms. The Kier molecular flexibility index (Phi) is 6.93. The minimum atomic E-state index is -0.222. The highest BCUT2D eigenvalue weighted by atomic mass is 35.5. The van der Waals surface area contributed by atoms with Gasteiger partial charge in [-0.15, -0.1) is 11.3 Å². The molecule has 3 aromatic rings. The number of benzene rings is 2. The van der Waals surface area contributed by atoms with Crippen LogP contribution in [0.3, 0.4) is 0 Å². The first-order valence-electron chi connectivity index (χ1n) is 9.54. The van der Waals surface area contributed by atoms with Crippen LogP contribution in [-0.4, -0.2) is 17.5 Å². The number of anilines is 1. The van der Waals surface area contributed by atoms with Crippen molar-refractivity contribution in [2.24, 2.45) is 0 Å². The second-order valence-corrected chi connectivity index (χ2v) is 8.95. The van der Waals surface area contributed by atoms with E-state index in [0.717, 1.165) is 44.3 Å². The van der Waals surface area contributed by atoms with Crippen LogP contribution in [0.15, 0.2) is 42.6 Å². The van der Waals surface area contributed by atoms with Gasteiger partial charge in [-0.25, -0.2) is 4.98 Å². The van der Waals surface area contributed by atoms with E-state index in [0.29, 0.717) is 11.0 Å². The molecule has 0 unspecified atom stereocenters. The Morgan fingerprint density at radius 1 is 1.21 bits per heavy atom. The first-order valence-corrected chi connectivity index (χ1v) is 10.7. The van der Waals surface area contributed by atoms with Crippen molar-refractivity contribution in [3.05, 3.63) is 74.7 Å². The van der Waals surface area contributed by atoms with Crippen molar-refractivity contribution in [3.63, 3.8) is 0 Å². The van der Waals surface area contributed by atoms with Crippen molar-refractivity contribution < 1.29 is 9.53 Å². The summed E-state index contributed by atoms with van der Waals surface area (Å²) < 4.78 is 5.79. The highest BCUT2D eigenvalue weighted by molar-refractivity contribution is 7.15. The lowest BCUT2D eigenvalue weighted by molar-refractivity contribution is -0.118. The van der Waals surface area contributed by atoms with Crippen LogP contribution in [0, 0.1) is 13.8 Å². The molecule has 1 N–H and O–H groups in total. The summed E-state index contributed by atoms with van der Waals surface area (Å²) in [4.78, 5) is 17.7. The van der Waals surface area contributed by atoms with E-state index in [9.17, 15) is 4.79 Å². The second kappa shape index (κ2) is 9.42. The number of carbonyl (C=O) groups excluding carboxylic acids is 1. The highest BCUT2D eigenvalue weighted by Gasteiger charge is 2.12. The minimum absolute atomic E-state index is 0.0499. The normalized spacial score (nSPS) is 11.0. The number of carbonyl (C=O) groups is 1. The minimum Gasteiger partial charge on any atom is -0.483 e. The van der Waals surface area contributed by atoms with Gasteiger partial charge in [0.05, 0.1) is 0 Å². The third kappa shape index (κ3) is 5.81. The fourth-order valence-corrected chi connectivity index (χ4v) is 4.00. The lowest BCUT2D eigenvalue weighted by Gasteiger charge is -2.14. The Labute approximate surface area is 180 Å². The maximum atomic E-state index is 12.3. The largest absolute Gasteiger partial charge is 0.483 e. The molecule has 4 nitrogen and oxygen atoms in total. The molecule has 1 amide bonds. The number of rotatable bonds is 7. The van der Waals surface area contributed by atoms with Gasteiger partial charge in [-0.05, 0) is 54.2 Å². The van der Waals surface area contributed by atoms with Crippen LogP contribution in [0.2, 0.25) is 5.02 Å². The second-order valence-electron chi connectivity index (χ2n) is 7.42. The number of thiazole rings is 1. The SMILES string of the molecule is Cc1ccc(C(C)C)c(OCC(=O)Nc2ncc(Cc3ccc(C)c(Cl)c3)s2)c1. The van der Waals surface area contributed by atoms with Crippen molar-refractivity contribution >= 4 is 34.0 Å². The molecular weight excluding hydrogens is 404 g/mol. The molecule has 0 aliphatic heterocycles. The van der Waals surface area contributed by atoms with Crippen LogP contribution in [0.25, 0.3) is 0 Å². The molecule has 152 valence electrons. The Hall–Kier alpha value is -2.37. The lowest BCUT2D eigenvalue weighted by Crippen LogP contribution is -2.20. The van der Waals surface area contributed by atoms with Gasteiger partial charge in [0.25, 0.3) is 5.91 Å². The fraction of sp³-hybridized carbons (Fsp3) is 0.304. The molecule has 0 fully saturated rings. The average Bonchev–Trinajstić information content (AvgIpc) is 3.09. The molecule has 0 radical (unpaired) electrons. The molecule has 0 aliphatic carbocycles. The van der Waals surface area contributed by atoms with E-state index in [2.05, 4.69) is 42.3 Å². The van der Waals surface area contributed by atoms with Crippen LogP contribution < -0.4 is 10.1 Å². The van der Waals surface area contributed by atoms with E-state index in [-0.39, 0.29) is 12.5 Å². The molecule has 3 rings (SSSR count). The van der Waals surface area contributed by atoms with Crippen LogP contribution in [0.1, 0.15) is 46.9 Å². The zero-order chi connectivity index (χ0) is 21.0. The Balaban J connectivity index is 1.58. The van der Waals surface area contributed by atoms with Gasteiger partial charge in [0.1, 0.15) is 5.75 Å². The maximum Gasteiger partial charge on any atom is 0.264 e. The Morgan fingerprint density at radius 3 is 2.72 bits per heavy atom. The molecule has 1 heterocycles. The fourth-order valence-electron chi connectivity index (χ4n) is 2.94. The number of hydrogen-bond acceptors (Lipinski definition) is 4. The molecule has 0 saturated heterocycles. The van der Waals surface area contributed by atoms with Crippen LogP contribution in [0.5, 0.6) is 5.75 Å². The third-order valence-corrected chi connectivity index (χ3v) is 5.88. The van der Waals surface area contributed by atoms with E-state index >= 15 is 0 Å². The van der Waals surface area contributed by atoms with Gasteiger partial charge in [0.2, 0.25) is 0 Å². The number of amides is 1. The van der Waals surface area contributed by atoms with Crippen LogP contribution in [-0.2, 0) is 11.2 Å². The topological polar surface area (TPSA) is 51.2 Å². The van der Waals surface area contributed by atoms with Crippen LogP contribution in [0.4, 0.5) is 5.13 Å². The van der Waals surface area contributed by atoms with Crippen molar-refractivity contribution in [3.8, 4) is 5.75 Å². The van der Waals surface area contributed by atoms with Gasteiger partial charge in [0.15, 0.2) is 11.7 Å². The smallest absolute Gasteiger partial charge is 0.264 e. The maximum absolute atomic E-state index is 12.3. The van der Waals surface area contributed by atoms with Crippen molar-refractivity contribution in [2.75, 3.05) is 11.9 Å². The predicted octanol–water partition coefficient (Wildman–Crippen LogP) is 6.15. The zero-order valence-electron chi connectivity index (χ0n) is 17.1. The van der Waals surface area contributed by atoms with Crippen LogP contribution >= 0.6 is 22.9 Å². The number of aromatic nitrogens is 1. The molecule has 0 bridgehead atoms. The number of ether oxygens (including phenoxy) is 1. The molecule has 1 aromatic heterocycles. The third-order valence-electron chi connectivity index (χ3n) is 4.56. The zero-order valence-corrected chi connectivity index (χ0v) is 18.7. The molecule has 2 aromatic carbocycles. The van der Waals surface area contributed by atoms with Crippen molar-refractivity contribution in [2.45, 2.75) is 40.0 Å². The van der Waals surface area contributed by atoms with Gasteiger partial charge in [-0.1, -0.05) is 49.7 Å². The van der Waals surface area contributed by atoms with Crippen molar-refractivity contribution in [1.29, 1.82) is 0 Å². The van der Waals surface area contributed by atoms with E-state index in [1.54, 1.807) is 6.20 Å². The van der Waals surface area contributed by atoms with E-state index < -0.39 is 0 Å². The highest BCUT2D eigenvalue weighted by Crippen LogP contribution is 2.28. The van der Waals surface area contributed by atoms with Gasteiger partial charge in [-0.2, -0.15) is 0 Å². The number of hydrogen-bond donors (Lipinski definition) is 1. The Bertz CT molecular complexity index is 1010. The Morgan fingerprint density at radius 2 is 2.00 bits per heavy atom. The quantitative estimate of drug-likeness (QED) is 0.491. The number of aryl methyl sites for hydroxylation is 2. The molecular formula is C23H25ClN2O2S. The molecule has 0 saturated carbocycles. The summed E-state index contributed by atoms with van der Waals surface area (Å²) in [6.07, 6.45) is 2.51. The summed E-state index contributed by atoms with van der Waals surface area (Å²) in [6, 6.07) is 12.1. The van der Waals surface area contributed by atoms with E-state index in [1.165, 1.54) is 11.3 Å². The van der Waals surface area contributed by atoms with E-state index in [4.69, 9.17) is 16.3 Å². The van der Waals surface area contributed by atoms with Gasteiger partial charge >= 0.3 is 0 Å². The van der Waals surface area contributed by atoms with Crippen molar-refractivity contribution in [1.82, 2.24) is 4.98 Å². The average molecular weight is 429 g/mol. The van der Waals surface area contributed by atoms with E-state index in [1.807, 2.05) is 32.0 Å². The summed E-state index contributed by atoms with van der Waals surface area (Å²) in [5, 5.41) is 4.15. The summed E-state index contributed by atoms with van der Waals surface area (Å²) in [6.45, 7) is 8.16. The first kappa shape index (κ1) is 21.3. The standard InChI is InChI=1S/C23H25ClN2O2S/c1-14(2)19-8-5-15(3)9-21(19)28-13-22(27)26-23-25-12-18(29-23)10-17-7-6-16(4)20(24)11-17/h5-9,11-12,14H,10,13H2,1-4H3,(H,25,26,27). The summed E-state index contributed by atoms with van der Waals surface area (Å²) >= 11 is 7.65. The van der Waals surface area contributed by atoms with Gasteiger partial charge in [-0.3, -0.25) is 10.1 Å². The summed E-state index contributed by atoms with van der Waals surface area (Å²) in [5.74, 6) is 0.858. The number of nitrogens with zero attached hydrogens (tertiary/aromatic N) is 1. The number of nitrogens with one attached hydrogen (secondary N) is 1.